The van der Waals surface area contributed by atoms with Crippen LogP contribution < -0.4 is 5.73 Å². The molecule has 0 aliphatic heterocycles. The van der Waals surface area contributed by atoms with E-state index in [0.717, 1.165) is 28.8 Å². The first kappa shape index (κ1) is 14.7. The Hall–Kier alpha value is -0.750. The molecule has 0 saturated heterocycles. The Kier molecular flexibility index (Phi) is 5.10. The first-order chi connectivity index (χ1) is 9.15. The molecule has 0 fully saturated rings. The Morgan fingerprint density at radius 2 is 2.05 bits per heavy atom. The summed E-state index contributed by atoms with van der Waals surface area (Å²) in [7, 11) is 0. The molecule has 1 heterocycles. The second-order valence-corrected chi connectivity index (χ2v) is 5.64. The van der Waals surface area contributed by atoms with E-state index in [2.05, 4.69) is 10.2 Å². The highest BCUT2D eigenvalue weighted by atomic mass is 35.5. The summed E-state index contributed by atoms with van der Waals surface area (Å²) >= 11 is 13.5. The molecule has 0 saturated carbocycles. The molecule has 19 heavy (non-hydrogen) atoms. The lowest BCUT2D eigenvalue weighted by Gasteiger charge is -2.06. The Balaban J connectivity index is 2.09. The quantitative estimate of drug-likeness (QED) is 0.859. The van der Waals surface area contributed by atoms with Crippen molar-refractivity contribution in [2.45, 2.75) is 30.9 Å². The minimum absolute atomic E-state index is 0.397. The maximum atomic E-state index is 5.99. The molecular weight excluding hydrogens is 303 g/mol. The van der Waals surface area contributed by atoms with Crippen LogP contribution in [0.5, 0.6) is 0 Å². The molecule has 0 aliphatic rings. The molecule has 0 aliphatic carbocycles. The van der Waals surface area contributed by atoms with Crippen LogP contribution in [0.2, 0.25) is 10.0 Å². The summed E-state index contributed by atoms with van der Waals surface area (Å²) in [6.45, 7) is 3.25. The van der Waals surface area contributed by atoms with E-state index in [1.54, 1.807) is 17.8 Å². The number of benzene rings is 1. The second-order valence-electron chi connectivity index (χ2n) is 3.88. The van der Waals surface area contributed by atoms with Crippen molar-refractivity contribution in [2.75, 3.05) is 0 Å². The van der Waals surface area contributed by atoms with Gasteiger partial charge in [-0.05, 0) is 24.6 Å². The van der Waals surface area contributed by atoms with E-state index in [-0.39, 0.29) is 0 Å². The highest BCUT2D eigenvalue weighted by Gasteiger charge is 2.10. The summed E-state index contributed by atoms with van der Waals surface area (Å²) < 4.78 is 2.02. The van der Waals surface area contributed by atoms with Crippen LogP contribution in [0.25, 0.3) is 0 Å². The van der Waals surface area contributed by atoms with Crippen LogP contribution in [0.15, 0.2) is 23.4 Å². The zero-order valence-electron chi connectivity index (χ0n) is 10.4. The molecule has 0 unspecified atom stereocenters. The summed E-state index contributed by atoms with van der Waals surface area (Å²) in [5.74, 6) is 1.57. The Morgan fingerprint density at radius 3 is 2.68 bits per heavy atom. The molecule has 102 valence electrons. The Bertz CT molecular complexity index is 571. The predicted octanol–water partition coefficient (Wildman–Crippen LogP) is 3.36. The first-order valence-corrected chi connectivity index (χ1v) is 7.58. The Labute approximate surface area is 126 Å². The minimum atomic E-state index is 0.397. The van der Waals surface area contributed by atoms with Gasteiger partial charge in [-0.3, -0.25) is 0 Å². The third-order valence-electron chi connectivity index (χ3n) is 2.64. The van der Waals surface area contributed by atoms with Crippen molar-refractivity contribution in [3.8, 4) is 0 Å². The van der Waals surface area contributed by atoms with Gasteiger partial charge < -0.3 is 10.3 Å². The zero-order chi connectivity index (χ0) is 13.8. The van der Waals surface area contributed by atoms with Crippen LogP contribution >= 0.6 is 35.0 Å². The fourth-order valence-electron chi connectivity index (χ4n) is 1.67. The lowest BCUT2D eigenvalue weighted by atomic mass is 10.2. The topological polar surface area (TPSA) is 56.7 Å². The smallest absolute Gasteiger partial charge is 0.191 e. The van der Waals surface area contributed by atoms with Gasteiger partial charge in [-0.1, -0.05) is 41.0 Å². The van der Waals surface area contributed by atoms with E-state index >= 15 is 0 Å². The van der Waals surface area contributed by atoms with Crippen molar-refractivity contribution in [3.63, 3.8) is 0 Å². The zero-order valence-corrected chi connectivity index (χ0v) is 12.8. The van der Waals surface area contributed by atoms with Gasteiger partial charge in [-0.15, -0.1) is 10.2 Å². The van der Waals surface area contributed by atoms with Gasteiger partial charge in [0, 0.05) is 12.3 Å². The molecule has 0 amide bonds. The van der Waals surface area contributed by atoms with Crippen LogP contribution in [-0.4, -0.2) is 14.8 Å². The Morgan fingerprint density at radius 1 is 1.26 bits per heavy atom. The molecular formula is C12H14Cl2N4S. The molecule has 4 nitrogen and oxygen atoms in total. The normalized spacial score (nSPS) is 10.9. The molecule has 7 heteroatoms. The van der Waals surface area contributed by atoms with Crippen molar-refractivity contribution < 1.29 is 0 Å². The van der Waals surface area contributed by atoms with Crippen LogP contribution in [0.4, 0.5) is 0 Å². The molecule has 0 radical (unpaired) electrons. The van der Waals surface area contributed by atoms with Gasteiger partial charge in [0.2, 0.25) is 0 Å². The largest absolute Gasteiger partial charge is 0.324 e. The highest BCUT2D eigenvalue weighted by molar-refractivity contribution is 7.98. The second kappa shape index (κ2) is 6.61. The third-order valence-corrected chi connectivity index (χ3v) is 4.42. The summed E-state index contributed by atoms with van der Waals surface area (Å²) in [6, 6.07) is 5.63. The van der Waals surface area contributed by atoms with Gasteiger partial charge in [-0.25, -0.2) is 0 Å². The average molecular weight is 317 g/mol. The third kappa shape index (κ3) is 3.42. The maximum absolute atomic E-state index is 5.99. The van der Waals surface area contributed by atoms with Crippen LogP contribution in [0.1, 0.15) is 18.3 Å². The van der Waals surface area contributed by atoms with Gasteiger partial charge in [0.25, 0.3) is 0 Å². The van der Waals surface area contributed by atoms with Crippen LogP contribution in [0.3, 0.4) is 0 Å². The minimum Gasteiger partial charge on any atom is -0.324 e. The number of halogens is 2. The van der Waals surface area contributed by atoms with E-state index < -0.39 is 0 Å². The molecule has 2 aromatic rings. The summed E-state index contributed by atoms with van der Waals surface area (Å²) in [6.07, 6.45) is 0. The van der Waals surface area contributed by atoms with Crippen molar-refractivity contribution >= 4 is 35.0 Å². The van der Waals surface area contributed by atoms with E-state index in [1.165, 1.54) is 0 Å². The summed E-state index contributed by atoms with van der Waals surface area (Å²) in [4.78, 5) is 0. The molecule has 1 aromatic carbocycles. The molecule has 2 N–H and O–H groups in total. The van der Waals surface area contributed by atoms with Crippen molar-refractivity contribution in [3.05, 3.63) is 39.6 Å². The number of nitrogens with two attached hydrogens (primary N) is 1. The molecule has 0 bridgehead atoms. The molecule has 1 aromatic heterocycles. The maximum Gasteiger partial charge on any atom is 0.191 e. The summed E-state index contributed by atoms with van der Waals surface area (Å²) in [5, 5.41) is 10.2. The lowest BCUT2D eigenvalue weighted by Crippen LogP contribution is -2.08. The van der Waals surface area contributed by atoms with E-state index in [0.29, 0.717) is 16.6 Å². The molecule has 2 rings (SSSR count). The van der Waals surface area contributed by atoms with Crippen LogP contribution in [0, 0.1) is 0 Å². The number of hydrogen-bond acceptors (Lipinski definition) is 4. The van der Waals surface area contributed by atoms with Crippen molar-refractivity contribution in [1.29, 1.82) is 0 Å². The monoisotopic (exact) mass is 316 g/mol. The highest BCUT2D eigenvalue weighted by Crippen LogP contribution is 2.27. The van der Waals surface area contributed by atoms with Crippen molar-refractivity contribution in [2.24, 2.45) is 5.73 Å². The lowest BCUT2D eigenvalue weighted by molar-refractivity contribution is 0.643. The molecule has 0 spiro atoms. The average Bonchev–Trinajstić information content (AvgIpc) is 2.82. The number of nitrogens with zero attached hydrogens (tertiary/aromatic N) is 3. The van der Waals surface area contributed by atoms with Gasteiger partial charge in [-0.2, -0.15) is 0 Å². The number of hydrogen-bond donors (Lipinski definition) is 1. The fraction of sp³-hybridized carbons (Fsp3) is 0.333. The van der Waals surface area contributed by atoms with Crippen LogP contribution in [-0.2, 0) is 18.8 Å². The fourth-order valence-corrected chi connectivity index (χ4v) is 2.96. The van der Waals surface area contributed by atoms with Gasteiger partial charge in [0.05, 0.1) is 16.6 Å². The van der Waals surface area contributed by atoms with E-state index in [9.17, 15) is 0 Å². The SMILES string of the molecule is CCn1c(CN)nnc1SCc1ccc(Cl)c(Cl)c1. The van der Waals surface area contributed by atoms with E-state index in [4.69, 9.17) is 28.9 Å². The van der Waals surface area contributed by atoms with Gasteiger partial charge in [0.1, 0.15) is 5.82 Å². The number of rotatable bonds is 5. The number of thioether (sulfide) groups is 1. The predicted molar refractivity (Wildman–Crippen MR) is 79.6 cm³/mol. The van der Waals surface area contributed by atoms with Crippen molar-refractivity contribution in [1.82, 2.24) is 14.8 Å². The number of aromatic nitrogens is 3. The first-order valence-electron chi connectivity index (χ1n) is 5.84. The molecule has 0 atom stereocenters. The summed E-state index contributed by atoms with van der Waals surface area (Å²) in [5.41, 5.74) is 6.72. The van der Waals surface area contributed by atoms with Gasteiger partial charge in [0.15, 0.2) is 5.16 Å². The van der Waals surface area contributed by atoms with Gasteiger partial charge >= 0.3 is 0 Å². The standard InChI is InChI=1S/C12H14Cl2N4S/c1-2-18-11(6-15)16-17-12(18)19-7-8-3-4-9(13)10(14)5-8/h3-5H,2,6-7,15H2,1H3. The van der Waals surface area contributed by atoms with E-state index in [1.807, 2.05) is 23.6 Å².